The maximum atomic E-state index is 12.1. The number of rotatable bonds is 9. The minimum absolute atomic E-state index is 0.137. The molecule has 0 saturated carbocycles. The summed E-state index contributed by atoms with van der Waals surface area (Å²) in [6, 6.07) is 10.3. The predicted molar refractivity (Wildman–Crippen MR) is 94.8 cm³/mol. The third-order valence-corrected chi connectivity index (χ3v) is 4.02. The van der Waals surface area contributed by atoms with E-state index in [-0.39, 0.29) is 5.97 Å². The van der Waals surface area contributed by atoms with Crippen molar-refractivity contribution in [2.45, 2.75) is 20.4 Å². The molecular formula is C19H30N2O3. The lowest BCUT2D eigenvalue weighted by Gasteiger charge is -2.29. The van der Waals surface area contributed by atoms with E-state index in [0.717, 1.165) is 45.9 Å². The van der Waals surface area contributed by atoms with Gasteiger partial charge in [-0.25, -0.2) is 0 Å². The number of esters is 1. The molecule has 0 unspecified atom stereocenters. The summed E-state index contributed by atoms with van der Waals surface area (Å²) in [7, 11) is 0. The normalized spacial score (nSPS) is 15.8. The van der Waals surface area contributed by atoms with Crippen LogP contribution in [0.15, 0.2) is 30.3 Å². The Labute approximate surface area is 145 Å². The lowest BCUT2D eigenvalue weighted by Crippen LogP contribution is -2.42. The van der Waals surface area contributed by atoms with Gasteiger partial charge in [-0.1, -0.05) is 44.2 Å². The number of carbonyl (C=O) groups excluding carboxylic acids is 1. The van der Waals surface area contributed by atoms with Crippen LogP contribution in [0.2, 0.25) is 0 Å². The molecule has 1 saturated heterocycles. The largest absolute Gasteiger partial charge is 0.464 e. The summed E-state index contributed by atoms with van der Waals surface area (Å²) in [6.07, 6.45) is 0. The highest BCUT2D eigenvalue weighted by atomic mass is 16.5. The van der Waals surface area contributed by atoms with Crippen molar-refractivity contribution < 1.29 is 14.3 Å². The van der Waals surface area contributed by atoms with Crippen molar-refractivity contribution >= 4 is 5.97 Å². The highest BCUT2D eigenvalue weighted by molar-refractivity contribution is 5.71. The molecule has 1 aromatic rings. The zero-order valence-corrected chi connectivity index (χ0v) is 14.9. The molecule has 1 heterocycles. The molecule has 5 nitrogen and oxygen atoms in total. The maximum Gasteiger partial charge on any atom is 0.320 e. The molecule has 0 amide bonds. The van der Waals surface area contributed by atoms with Crippen molar-refractivity contribution in [2.75, 3.05) is 52.5 Å². The molecule has 1 aliphatic rings. The van der Waals surface area contributed by atoms with E-state index in [0.29, 0.717) is 19.1 Å². The number of carbonyl (C=O) groups is 1. The van der Waals surface area contributed by atoms with Crippen molar-refractivity contribution in [3.05, 3.63) is 35.9 Å². The maximum absolute atomic E-state index is 12.1. The van der Waals surface area contributed by atoms with Crippen LogP contribution in [0.1, 0.15) is 19.4 Å². The summed E-state index contributed by atoms with van der Waals surface area (Å²) in [5, 5.41) is 0. The van der Waals surface area contributed by atoms with E-state index >= 15 is 0 Å². The van der Waals surface area contributed by atoms with Gasteiger partial charge in [0.15, 0.2) is 0 Å². The molecule has 5 heteroatoms. The molecule has 0 radical (unpaired) electrons. The third-order valence-electron chi connectivity index (χ3n) is 4.02. The van der Waals surface area contributed by atoms with Gasteiger partial charge in [0.1, 0.15) is 0 Å². The zero-order chi connectivity index (χ0) is 17.2. The van der Waals surface area contributed by atoms with E-state index in [2.05, 4.69) is 21.9 Å². The average molecular weight is 334 g/mol. The Morgan fingerprint density at radius 2 is 1.96 bits per heavy atom. The van der Waals surface area contributed by atoms with Crippen molar-refractivity contribution in [3.63, 3.8) is 0 Å². The Balaban J connectivity index is 1.86. The Kier molecular flexibility index (Phi) is 8.22. The van der Waals surface area contributed by atoms with E-state index in [9.17, 15) is 4.79 Å². The van der Waals surface area contributed by atoms with Crippen LogP contribution < -0.4 is 0 Å². The van der Waals surface area contributed by atoms with E-state index < -0.39 is 0 Å². The molecule has 1 aliphatic heterocycles. The van der Waals surface area contributed by atoms with Gasteiger partial charge in [-0.3, -0.25) is 14.6 Å². The van der Waals surface area contributed by atoms with Crippen molar-refractivity contribution in [1.29, 1.82) is 0 Å². The van der Waals surface area contributed by atoms with Crippen LogP contribution in [0.3, 0.4) is 0 Å². The molecule has 0 spiro atoms. The van der Waals surface area contributed by atoms with Gasteiger partial charge in [-0.05, 0) is 11.5 Å². The first kappa shape index (κ1) is 18.9. The summed E-state index contributed by atoms with van der Waals surface area (Å²) < 4.78 is 10.7. The molecule has 0 aliphatic carbocycles. The second-order valence-electron chi connectivity index (χ2n) is 6.73. The molecular weight excluding hydrogens is 304 g/mol. The number of nitrogens with zero attached hydrogens (tertiary/aromatic N) is 2. The molecule has 0 aromatic heterocycles. The fraction of sp³-hybridized carbons (Fsp3) is 0.632. The Morgan fingerprint density at radius 1 is 1.25 bits per heavy atom. The molecule has 1 aromatic carbocycles. The van der Waals surface area contributed by atoms with E-state index in [1.165, 1.54) is 5.56 Å². The second kappa shape index (κ2) is 10.4. The summed E-state index contributed by atoms with van der Waals surface area (Å²) in [6.45, 7) is 11.0. The van der Waals surface area contributed by atoms with Crippen molar-refractivity contribution in [3.8, 4) is 0 Å². The highest BCUT2D eigenvalue weighted by Crippen LogP contribution is 2.06. The van der Waals surface area contributed by atoms with Gasteiger partial charge >= 0.3 is 5.97 Å². The van der Waals surface area contributed by atoms with Gasteiger partial charge in [0.25, 0.3) is 0 Å². The van der Waals surface area contributed by atoms with Gasteiger partial charge in [-0.2, -0.15) is 0 Å². The monoisotopic (exact) mass is 334 g/mol. The summed E-state index contributed by atoms with van der Waals surface area (Å²) in [4.78, 5) is 16.7. The summed E-state index contributed by atoms with van der Waals surface area (Å²) in [5.41, 5.74) is 1.22. The average Bonchev–Trinajstić information content (AvgIpc) is 2.60. The number of morpholine rings is 1. The van der Waals surface area contributed by atoms with Gasteiger partial charge in [0, 0.05) is 32.7 Å². The molecule has 24 heavy (non-hydrogen) atoms. The predicted octanol–water partition coefficient (Wildman–Crippen LogP) is 2.02. The first-order chi connectivity index (χ1) is 11.6. The second-order valence-corrected chi connectivity index (χ2v) is 6.73. The minimum Gasteiger partial charge on any atom is -0.464 e. The summed E-state index contributed by atoms with van der Waals surface area (Å²) >= 11 is 0. The Morgan fingerprint density at radius 3 is 2.62 bits per heavy atom. The quantitative estimate of drug-likeness (QED) is 0.646. The fourth-order valence-corrected chi connectivity index (χ4v) is 2.65. The first-order valence-electron chi connectivity index (χ1n) is 8.85. The molecule has 134 valence electrons. The zero-order valence-electron chi connectivity index (χ0n) is 14.9. The fourth-order valence-electron chi connectivity index (χ4n) is 2.65. The number of hydrogen-bond acceptors (Lipinski definition) is 5. The molecule has 2 rings (SSSR count). The first-order valence-corrected chi connectivity index (χ1v) is 8.85. The Bertz CT molecular complexity index is 473. The summed E-state index contributed by atoms with van der Waals surface area (Å²) in [5.74, 6) is 0.228. The van der Waals surface area contributed by atoms with Crippen LogP contribution >= 0.6 is 0 Å². The van der Waals surface area contributed by atoms with Crippen LogP contribution in [0.4, 0.5) is 0 Å². The molecule has 0 bridgehead atoms. The lowest BCUT2D eigenvalue weighted by atomic mass is 10.2. The van der Waals surface area contributed by atoms with Gasteiger partial charge in [-0.15, -0.1) is 0 Å². The number of hydrogen-bond donors (Lipinski definition) is 0. The van der Waals surface area contributed by atoms with Crippen LogP contribution in [0.25, 0.3) is 0 Å². The van der Waals surface area contributed by atoms with Crippen molar-refractivity contribution in [1.82, 2.24) is 9.80 Å². The van der Waals surface area contributed by atoms with Crippen molar-refractivity contribution in [2.24, 2.45) is 5.92 Å². The molecule has 0 atom stereocenters. The van der Waals surface area contributed by atoms with Crippen LogP contribution in [0, 0.1) is 5.92 Å². The third kappa shape index (κ3) is 7.43. The van der Waals surface area contributed by atoms with Crippen LogP contribution in [-0.2, 0) is 20.8 Å². The standard InChI is InChI=1S/C19H30N2O3/c1-17(2)16-24-19(22)15-21(14-18-6-4-3-5-7-18)9-8-20-10-12-23-13-11-20/h3-7,17H,8-16H2,1-2H3. The lowest BCUT2D eigenvalue weighted by molar-refractivity contribution is -0.146. The van der Waals surface area contributed by atoms with E-state index in [1.807, 2.05) is 32.0 Å². The number of benzene rings is 1. The SMILES string of the molecule is CC(C)COC(=O)CN(CCN1CCOCC1)Cc1ccccc1. The molecule has 0 N–H and O–H groups in total. The molecule has 1 fully saturated rings. The number of ether oxygens (including phenoxy) is 2. The van der Waals surface area contributed by atoms with E-state index in [4.69, 9.17) is 9.47 Å². The van der Waals surface area contributed by atoms with Crippen LogP contribution in [-0.4, -0.2) is 68.3 Å². The topological polar surface area (TPSA) is 42.0 Å². The van der Waals surface area contributed by atoms with Gasteiger partial charge in [0.2, 0.25) is 0 Å². The van der Waals surface area contributed by atoms with Crippen LogP contribution in [0.5, 0.6) is 0 Å². The smallest absolute Gasteiger partial charge is 0.320 e. The van der Waals surface area contributed by atoms with E-state index in [1.54, 1.807) is 0 Å². The highest BCUT2D eigenvalue weighted by Gasteiger charge is 2.16. The Hall–Kier alpha value is -1.43. The van der Waals surface area contributed by atoms with Gasteiger partial charge < -0.3 is 9.47 Å². The minimum atomic E-state index is -0.137. The van der Waals surface area contributed by atoms with Gasteiger partial charge in [0.05, 0.1) is 26.4 Å².